The Bertz CT molecular complexity index is 274. The number of hydrogen-bond donors (Lipinski definition) is 2. The molecule has 1 aliphatic carbocycles. The molecule has 2 fully saturated rings. The Balaban J connectivity index is 1.75. The molecule has 0 aromatic rings. The standard InChI is InChI=1S/C14H26N2O/c1-10(11-8-15-9-11)13(17)16-12-4-6-14(2,3)7-5-12/h10-12,15H,4-9H2,1-3H3,(H,16,17). The molecular weight excluding hydrogens is 212 g/mol. The van der Waals surface area contributed by atoms with E-state index in [4.69, 9.17) is 0 Å². The highest BCUT2D eigenvalue weighted by atomic mass is 16.1. The lowest BCUT2D eigenvalue weighted by molar-refractivity contribution is -0.127. The molecule has 2 aliphatic rings. The molecule has 3 heteroatoms. The van der Waals surface area contributed by atoms with Crippen molar-refractivity contribution in [3.8, 4) is 0 Å². The third-order valence-corrected chi connectivity index (χ3v) is 4.62. The van der Waals surface area contributed by atoms with Gasteiger partial charge in [0.15, 0.2) is 0 Å². The van der Waals surface area contributed by atoms with Crippen molar-refractivity contribution in [2.24, 2.45) is 17.3 Å². The fraction of sp³-hybridized carbons (Fsp3) is 0.929. The van der Waals surface area contributed by atoms with E-state index in [-0.39, 0.29) is 11.8 Å². The lowest BCUT2D eigenvalue weighted by Gasteiger charge is -2.36. The van der Waals surface area contributed by atoms with E-state index in [0.717, 1.165) is 25.9 Å². The SMILES string of the molecule is CC(C(=O)NC1CCC(C)(C)CC1)C1CNC1. The summed E-state index contributed by atoms with van der Waals surface area (Å²) < 4.78 is 0. The van der Waals surface area contributed by atoms with Crippen molar-refractivity contribution in [3.05, 3.63) is 0 Å². The van der Waals surface area contributed by atoms with Gasteiger partial charge in [0.05, 0.1) is 0 Å². The van der Waals surface area contributed by atoms with Crippen molar-refractivity contribution < 1.29 is 4.79 Å². The molecule has 0 aromatic heterocycles. The summed E-state index contributed by atoms with van der Waals surface area (Å²) in [5.74, 6) is 0.988. The van der Waals surface area contributed by atoms with E-state index in [1.807, 2.05) is 0 Å². The highest BCUT2D eigenvalue weighted by molar-refractivity contribution is 5.79. The summed E-state index contributed by atoms with van der Waals surface area (Å²) in [6.45, 7) is 8.73. The van der Waals surface area contributed by atoms with Gasteiger partial charge in [-0.15, -0.1) is 0 Å². The summed E-state index contributed by atoms with van der Waals surface area (Å²) in [5.41, 5.74) is 0.477. The number of amides is 1. The van der Waals surface area contributed by atoms with Crippen LogP contribution in [0.3, 0.4) is 0 Å². The minimum Gasteiger partial charge on any atom is -0.353 e. The number of hydrogen-bond acceptors (Lipinski definition) is 2. The Labute approximate surface area is 105 Å². The minimum absolute atomic E-state index is 0.172. The van der Waals surface area contributed by atoms with Crippen LogP contribution in [0.25, 0.3) is 0 Å². The summed E-state index contributed by atoms with van der Waals surface area (Å²) in [6, 6.07) is 0.422. The van der Waals surface area contributed by atoms with Crippen LogP contribution < -0.4 is 10.6 Å². The number of carbonyl (C=O) groups is 1. The van der Waals surface area contributed by atoms with Crippen molar-refractivity contribution in [1.82, 2.24) is 10.6 Å². The Kier molecular flexibility index (Phi) is 3.76. The third-order valence-electron chi connectivity index (χ3n) is 4.62. The van der Waals surface area contributed by atoms with E-state index < -0.39 is 0 Å². The fourth-order valence-corrected chi connectivity index (χ4v) is 2.75. The number of nitrogens with one attached hydrogen (secondary N) is 2. The molecule has 17 heavy (non-hydrogen) atoms. The molecule has 1 saturated carbocycles. The molecule has 1 unspecified atom stereocenters. The zero-order chi connectivity index (χ0) is 12.5. The molecule has 0 aromatic carbocycles. The monoisotopic (exact) mass is 238 g/mol. The first-order valence-electron chi connectivity index (χ1n) is 6.99. The second-order valence-corrected chi connectivity index (χ2v) is 6.65. The van der Waals surface area contributed by atoms with Crippen LogP contribution >= 0.6 is 0 Å². The summed E-state index contributed by atoms with van der Waals surface area (Å²) >= 11 is 0. The molecule has 98 valence electrons. The average molecular weight is 238 g/mol. The fourth-order valence-electron chi connectivity index (χ4n) is 2.75. The van der Waals surface area contributed by atoms with Gasteiger partial charge in [-0.05, 0) is 50.1 Å². The third kappa shape index (κ3) is 3.21. The van der Waals surface area contributed by atoms with Crippen LogP contribution in [-0.4, -0.2) is 25.0 Å². The lowest BCUT2D eigenvalue weighted by Crippen LogP contribution is -2.51. The predicted molar refractivity (Wildman–Crippen MR) is 69.7 cm³/mol. The molecule has 0 bridgehead atoms. The van der Waals surface area contributed by atoms with E-state index in [2.05, 4.69) is 31.4 Å². The van der Waals surface area contributed by atoms with Crippen LogP contribution in [0.1, 0.15) is 46.5 Å². The van der Waals surface area contributed by atoms with Crippen LogP contribution in [0.4, 0.5) is 0 Å². The second kappa shape index (κ2) is 4.97. The molecule has 3 nitrogen and oxygen atoms in total. The first-order chi connectivity index (χ1) is 7.98. The topological polar surface area (TPSA) is 41.1 Å². The maximum Gasteiger partial charge on any atom is 0.223 e. The van der Waals surface area contributed by atoms with Gasteiger partial charge in [0, 0.05) is 12.0 Å². The lowest BCUT2D eigenvalue weighted by atomic mass is 9.75. The average Bonchev–Trinajstić information content (AvgIpc) is 2.18. The van der Waals surface area contributed by atoms with Crippen molar-refractivity contribution in [2.45, 2.75) is 52.5 Å². The summed E-state index contributed by atoms with van der Waals surface area (Å²) in [5, 5.41) is 6.47. The highest BCUT2D eigenvalue weighted by Crippen LogP contribution is 2.35. The Morgan fingerprint density at radius 2 is 1.88 bits per heavy atom. The van der Waals surface area contributed by atoms with E-state index >= 15 is 0 Å². The van der Waals surface area contributed by atoms with Gasteiger partial charge in [0.2, 0.25) is 5.91 Å². The summed E-state index contributed by atoms with van der Waals surface area (Å²) in [6.07, 6.45) is 4.76. The molecule has 0 spiro atoms. The Hall–Kier alpha value is -0.570. The quantitative estimate of drug-likeness (QED) is 0.789. The van der Waals surface area contributed by atoms with E-state index in [9.17, 15) is 4.79 Å². The van der Waals surface area contributed by atoms with Crippen LogP contribution in [0, 0.1) is 17.3 Å². The van der Waals surface area contributed by atoms with Gasteiger partial charge in [0.1, 0.15) is 0 Å². The molecule has 1 heterocycles. The van der Waals surface area contributed by atoms with Crippen molar-refractivity contribution >= 4 is 5.91 Å². The van der Waals surface area contributed by atoms with E-state index in [1.165, 1.54) is 12.8 Å². The molecule has 1 aliphatic heterocycles. The molecule has 1 atom stereocenters. The smallest absolute Gasteiger partial charge is 0.223 e. The zero-order valence-corrected chi connectivity index (χ0v) is 11.4. The molecule has 2 N–H and O–H groups in total. The summed E-state index contributed by atoms with van der Waals surface area (Å²) in [7, 11) is 0. The first kappa shape index (κ1) is 12.9. The molecule has 1 amide bonds. The van der Waals surface area contributed by atoms with Crippen LogP contribution in [0.2, 0.25) is 0 Å². The van der Waals surface area contributed by atoms with Gasteiger partial charge in [0.25, 0.3) is 0 Å². The molecule has 1 saturated heterocycles. The Morgan fingerprint density at radius 3 is 2.35 bits per heavy atom. The summed E-state index contributed by atoms with van der Waals surface area (Å²) in [4.78, 5) is 12.1. The van der Waals surface area contributed by atoms with Crippen LogP contribution in [-0.2, 0) is 4.79 Å². The Morgan fingerprint density at radius 1 is 1.29 bits per heavy atom. The largest absolute Gasteiger partial charge is 0.353 e. The minimum atomic E-state index is 0.172. The number of rotatable bonds is 3. The van der Waals surface area contributed by atoms with E-state index in [1.54, 1.807) is 0 Å². The normalized spacial score (nSPS) is 27.2. The van der Waals surface area contributed by atoms with Gasteiger partial charge in [-0.1, -0.05) is 20.8 Å². The van der Waals surface area contributed by atoms with Crippen LogP contribution in [0.15, 0.2) is 0 Å². The van der Waals surface area contributed by atoms with E-state index in [0.29, 0.717) is 17.4 Å². The first-order valence-corrected chi connectivity index (χ1v) is 6.99. The zero-order valence-electron chi connectivity index (χ0n) is 11.4. The van der Waals surface area contributed by atoms with Crippen molar-refractivity contribution in [3.63, 3.8) is 0 Å². The van der Waals surface area contributed by atoms with Gasteiger partial charge >= 0.3 is 0 Å². The second-order valence-electron chi connectivity index (χ2n) is 6.65. The van der Waals surface area contributed by atoms with Crippen molar-refractivity contribution in [2.75, 3.05) is 13.1 Å². The van der Waals surface area contributed by atoms with Gasteiger partial charge in [-0.2, -0.15) is 0 Å². The molecule has 2 rings (SSSR count). The van der Waals surface area contributed by atoms with Gasteiger partial charge in [-0.3, -0.25) is 4.79 Å². The maximum absolute atomic E-state index is 12.1. The highest BCUT2D eigenvalue weighted by Gasteiger charge is 2.32. The maximum atomic E-state index is 12.1. The van der Waals surface area contributed by atoms with Crippen LogP contribution in [0.5, 0.6) is 0 Å². The molecular formula is C14H26N2O. The predicted octanol–water partition coefficient (Wildman–Crippen LogP) is 1.93. The van der Waals surface area contributed by atoms with Crippen molar-refractivity contribution in [1.29, 1.82) is 0 Å². The van der Waals surface area contributed by atoms with Gasteiger partial charge < -0.3 is 10.6 Å². The number of carbonyl (C=O) groups excluding carboxylic acids is 1. The van der Waals surface area contributed by atoms with Gasteiger partial charge in [-0.25, -0.2) is 0 Å². The molecule has 0 radical (unpaired) electrons.